The van der Waals surface area contributed by atoms with E-state index >= 15 is 0 Å². The van der Waals surface area contributed by atoms with Crippen LogP contribution in [0.3, 0.4) is 0 Å². The predicted molar refractivity (Wildman–Crippen MR) is 70.1 cm³/mol. The van der Waals surface area contributed by atoms with Crippen LogP contribution in [0.5, 0.6) is 0 Å². The molecule has 3 nitrogen and oxygen atoms in total. The number of hydrogen-bond donors (Lipinski definition) is 1. The van der Waals surface area contributed by atoms with Crippen molar-refractivity contribution >= 4 is 10.8 Å². The number of aromatic amines is 1. The summed E-state index contributed by atoms with van der Waals surface area (Å²) in [6.07, 6.45) is 6.98. The number of rotatable bonds is 3. The van der Waals surface area contributed by atoms with Crippen molar-refractivity contribution in [3.05, 3.63) is 12.4 Å². The smallest absolute Gasteiger partial charge is 0.196 e. The zero-order valence-electron chi connectivity index (χ0n) is 10.8. The molecular weight excluding hydrogens is 232 g/mol. The van der Waals surface area contributed by atoms with Gasteiger partial charge in [0.15, 0.2) is 5.16 Å². The van der Waals surface area contributed by atoms with Gasteiger partial charge in [0.2, 0.25) is 0 Å². The van der Waals surface area contributed by atoms with Gasteiger partial charge in [-0.05, 0) is 30.6 Å². The van der Waals surface area contributed by atoms with Gasteiger partial charge in [-0.15, -0.1) is 0 Å². The first kappa shape index (κ1) is 12.8. The Morgan fingerprint density at radius 2 is 2.24 bits per heavy atom. The minimum atomic E-state index is -0.977. The van der Waals surface area contributed by atoms with E-state index in [1.807, 2.05) is 0 Å². The molecule has 0 aliphatic heterocycles. The standard InChI is InChI=1S/C13H22N2OS/c1-9(2)11-5-4-10(3)8-12(11)17(16)13-14-6-7-15-13/h6-7,9-12H,4-5,8H2,1-3H3,(H,14,15)/t10-,11+,12+,17+/m1/s1. The maximum Gasteiger partial charge on any atom is 0.196 e. The molecular formula is C13H22N2OS. The second-order valence-corrected chi connectivity index (χ2v) is 7.14. The summed E-state index contributed by atoms with van der Waals surface area (Å²) in [7, 11) is -0.977. The van der Waals surface area contributed by atoms with Crippen LogP contribution in [0.2, 0.25) is 0 Å². The third-order valence-corrected chi connectivity index (χ3v) is 5.60. The summed E-state index contributed by atoms with van der Waals surface area (Å²) < 4.78 is 12.5. The number of imidazole rings is 1. The van der Waals surface area contributed by atoms with Gasteiger partial charge in [0, 0.05) is 17.6 Å². The lowest BCUT2D eigenvalue weighted by Crippen LogP contribution is -2.35. The summed E-state index contributed by atoms with van der Waals surface area (Å²) in [6, 6.07) is 0. The van der Waals surface area contributed by atoms with Crippen molar-refractivity contribution in [2.45, 2.75) is 50.4 Å². The summed E-state index contributed by atoms with van der Waals surface area (Å²) in [5.41, 5.74) is 0. The van der Waals surface area contributed by atoms with E-state index in [1.54, 1.807) is 12.4 Å². The van der Waals surface area contributed by atoms with Crippen molar-refractivity contribution in [1.82, 2.24) is 9.97 Å². The molecule has 0 amide bonds. The summed E-state index contributed by atoms with van der Waals surface area (Å²) in [5, 5.41) is 0.916. The molecule has 0 unspecified atom stereocenters. The lowest BCUT2D eigenvalue weighted by molar-refractivity contribution is 0.240. The van der Waals surface area contributed by atoms with Gasteiger partial charge < -0.3 is 4.98 Å². The van der Waals surface area contributed by atoms with Crippen molar-refractivity contribution in [3.8, 4) is 0 Å². The Labute approximate surface area is 106 Å². The molecule has 4 heteroatoms. The van der Waals surface area contributed by atoms with Crippen LogP contribution in [0.4, 0.5) is 0 Å². The molecule has 0 bridgehead atoms. The van der Waals surface area contributed by atoms with E-state index in [0.29, 0.717) is 22.9 Å². The zero-order valence-corrected chi connectivity index (χ0v) is 11.7. The molecule has 0 spiro atoms. The predicted octanol–water partition coefficient (Wildman–Crippen LogP) is 2.98. The summed E-state index contributed by atoms with van der Waals surface area (Å²) in [4.78, 5) is 7.15. The minimum absolute atomic E-state index is 0.268. The molecule has 1 aromatic heterocycles. The first-order chi connectivity index (χ1) is 8.09. The number of hydrogen-bond acceptors (Lipinski definition) is 2. The number of nitrogens with one attached hydrogen (secondary N) is 1. The average Bonchev–Trinajstić information content (AvgIpc) is 2.80. The summed E-state index contributed by atoms with van der Waals surface area (Å²) >= 11 is 0. The van der Waals surface area contributed by atoms with Crippen LogP contribution in [0, 0.1) is 17.8 Å². The van der Waals surface area contributed by atoms with Crippen LogP contribution >= 0.6 is 0 Å². The van der Waals surface area contributed by atoms with Crippen molar-refractivity contribution in [2.75, 3.05) is 0 Å². The second kappa shape index (κ2) is 5.34. The fourth-order valence-electron chi connectivity index (χ4n) is 2.87. The van der Waals surface area contributed by atoms with Gasteiger partial charge in [-0.3, -0.25) is 4.21 Å². The van der Waals surface area contributed by atoms with Crippen LogP contribution < -0.4 is 0 Å². The molecule has 1 N–H and O–H groups in total. The number of nitrogens with zero attached hydrogens (tertiary/aromatic N) is 1. The summed E-state index contributed by atoms with van der Waals surface area (Å²) in [6.45, 7) is 6.75. The molecule has 1 heterocycles. The highest BCUT2D eigenvalue weighted by Crippen LogP contribution is 2.37. The lowest BCUT2D eigenvalue weighted by atomic mass is 9.77. The molecule has 0 saturated heterocycles. The van der Waals surface area contributed by atoms with Crippen LogP contribution in [0.25, 0.3) is 0 Å². The Morgan fingerprint density at radius 3 is 2.82 bits per heavy atom. The summed E-state index contributed by atoms with van der Waals surface area (Å²) in [5.74, 6) is 1.86. The second-order valence-electron chi connectivity index (χ2n) is 5.56. The van der Waals surface area contributed by atoms with Crippen LogP contribution in [-0.2, 0) is 10.8 Å². The largest absolute Gasteiger partial charge is 0.338 e. The highest BCUT2D eigenvalue weighted by molar-refractivity contribution is 7.85. The Balaban J connectivity index is 2.17. The molecule has 2 rings (SSSR count). The molecule has 4 atom stereocenters. The third kappa shape index (κ3) is 2.79. The number of aromatic nitrogens is 2. The van der Waals surface area contributed by atoms with Gasteiger partial charge in [-0.1, -0.05) is 27.2 Å². The highest BCUT2D eigenvalue weighted by atomic mass is 32.2. The molecule has 1 aromatic rings. The zero-order chi connectivity index (χ0) is 12.4. The maximum absolute atomic E-state index is 12.5. The first-order valence-electron chi connectivity index (χ1n) is 6.49. The van der Waals surface area contributed by atoms with E-state index in [2.05, 4.69) is 30.7 Å². The van der Waals surface area contributed by atoms with Crippen molar-refractivity contribution in [2.24, 2.45) is 17.8 Å². The fraction of sp³-hybridized carbons (Fsp3) is 0.769. The van der Waals surface area contributed by atoms with E-state index in [9.17, 15) is 4.21 Å². The van der Waals surface area contributed by atoms with Gasteiger partial charge >= 0.3 is 0 Å². The van der Waals surface area contributed by atoms with E-state index in [0.717, 1.165) is 6.42 Å². The van der Waals surface area contributed by atoms with Gasteiger partial charge in [0.25, 0.3) is 0 Å². The quantitative estimate of drug-likeness (QED) is 0.901. The topological polar surface area (TPSA) is 45.8 Å². The average molecular weight is 254 g/mol. The molecule has 0 aromatic carbocycles. The SMILES string of the molecule is CC(C)[C@@H]1CC[C@@H](C)C[C@@H]1[S@](=O)c1ncc[nH]1. The molecule has 0 radical (unpaired) electrons. The van der Waals surface area contributed by atoms with Crippen LogP contribution in [0.15, 0.2) is 17.6 Å². The molecule has 17 heavy (non-hydrogen) atoms. The normalized spacial score (nSPS) is 31.6. The van der Waals surface area contributed by atoms with Crippen molar-refractivity contribution < 1.29 is 4.21 Å². The Hall–Kier alpha value is -0.640. The van der Waals surface area contributed by atoms with Crippen molar-refractivity contribution in [1.29, 1.82) is 0 Å². The monoisotopic (exact) mass is 254 g/mol. The lowest BCUT2D eigenvalue weighted by Gasteiger charge is -2.36. The molecule has 1 saturated carbocycles. The molecule has 1 fully saturated rings. The molecule has 1 aliphatic rings. The van der Waals surface area contributed by atoms with E-state index in [4.69, 9.17) is 0 Å². The van der Waals surface area contributed by atoms with Gasteiger partial charge in [0.1, 0.15) is 0 Å². The number of H-pyrrole nitrogens is 1. The molecule has 96 valence electrons. The van der Waals surface area contributed by atoms with Gasteiger partial charge in [-0.2, -0.15) is 0 Å². The minimum Gasteiger partial charge on any atom is -0.338 e. The van der Waals surface area contributed by atoms with Crippen LogP contribution in [-0.4, -0.2) is 19.4 Å². The first-order valence-corrected chi connectivity index (χ1v) is 7.71. The highest BCUT2D eigenvalue weighted by Gasteiger charge is 2.35. The third-order valence-electron chi connectivity index (χ3n) is 3.90. The van der Waals surface area contributed by atoms with Gasteiger partial charge in [0.05, 0.1) is 10.8 Å². The Bertz CT molecular complexity index is 375. The van der Waals surface area contributed by atoms with E-state index in [-0.39, 0.29) is 5.25 Å². The Kier molecular flexibility index (Phi) is 4.02. The van der Waals surface area contributed by atoms with Crippen LogP contribution in [0.1, 0.15) is 40.0 Å². The van der Waals surface area contributed by atoms with E-state index in [1.165, 1.54) is 12.8 Å². The van der Waals surface area contributed by atoms with Crippen molar-refractivity contribution in [3.63, 3.8) is 0 Å². The molecule has 1 aliphatic carbocycles. The fourth-order valence-corrected chi connectivity index (χ4v) is 4.77. The van der Waals surface area contributed by atoms with E-state index < -0.39 is 10.8 Å². The Morgan fingerprint density at radius 1 is 1.47 bits per heavy atom. The van der Waals surface area contributed by atoms with Gasteiger partial charge in [-0.25, -0.2) is 4.98 Å². The maximum atomic E-state index is 12.5.